The van der Waals surface area contributed by atoms with Crippen LogP contribution in [0.1, 0.15) is 32.6 Å². The Morgan fingerprint density at radius 3 is 2.46 bits per heavy atom. The van der Waals surface area contributed by atoms with Crippen LogP contribution in [0.4, 0.5) is 0 Å². The zero-order chi connectivity index (χ0) is 17.5. The number of aliphatic carboxylic acids is 1. The first-order valence-electron chi connectivity index (χ1n) is 8.62. The number of hydrogen-bond donors (Lipinski definition) is 2. The third kappa shape index (κ3) is 9.79. The second-order valence-corrected chi connectivity index (χ2v) is 5.63. The first-order chi connectivity index (χ1) is 11.7. The van der Waals surface area contributed by atoms with Gasteiger partial charge in [0.2, 0.25) is 0 Å². The average Bonchev–Trinajstić information content (AvgIpc) is 3.19. The van der Waals surface area contributed by atoms with Crippen molar-refractivity contribution >= 4 is 5.97 Å². The lowest BCUT2D eigenvalue weighted by Crippen LogP contribution is -2.29. The standard InChI is InChI=1S/C9H15N.C5H9NO2.C5H5N/c1-2-3-7-10-8-5-4-6-9-10;7-5(8)4-2-1-3-6-4;1-2-4-6-5-3-1/h4-6,8H,2-3,7,9H2,1H3;4,6H,1-3H2,(H,7,8);1-5H/t;4-;/m.0./s1. The molecule has 2 N–H and O–H groups in total. The van der Waals surface area contributed by atoms with E-state index in [4.69, 9.17) is 5.11 Å². The van der Waals surface area contributed by atoms with Crippen molar-refractivity contribution in [3.05, 3.63) is 55.0 Å². The molecule has 5 heteroatoms. The zero-order valence-electron chi connectivity index (χ0n) is 14.5. The Balaban J connectivity index is 0.000000186. The number of nitrogens with zero attached hydrogens (tertiary/aromatic N) is 2. The molecule has 0 spiro atoms. The van der Waals surface area contributed by atoms with E-state index in [9.17, 15) is 4.79 Å². The Bertz CT molecular complexity index is 456. The molecule has 0 unspecified atom stereocenters. The minimum Gasteiger partial charge on any atom is -0.480 e. The molecule has 0 radical (unpaired) electrons. The molecule has 3 heterocycles. The number of nitrogens with one attached hydrogen (secondary N) is 1. The molecule has 0 bridgehead atoms. The molecule has 1 saturated heterocycles. The molecule has 24 heavy (non-hydrogen) atoms. The van der Waals surface area contributed by atoms with E-state index in [0.717, 1.165) is 25.9 Å². The molecule has 0 saturated carbocycles. The molecule has 1 fully saturated rings. The van der Waals surface area contributed by atoms with Crippen molar-refractivity contribution in [2.24, 2.45) is 0 Å². The van der Waals surface area contributed by atoms with Gasteiger partial charge in [0.1, 0.15) is 6.04 Å². The summed E-state index contributed by atoms with van der Waals surface area (Å²) in [5, 5.41) is 11.2. The van der Waals surface area contributed by atoms with Crippen molar-refractivity contribution in [1.29, 1.82) is 0 Å². The summed E-state index contributed by atoms with van der Waals surface area (Å²) in [4.78, 5) is 16.3. The van der Waals surface area contributed by atoms with Gasteiger partial charge in [-0.25, -0.2) is 0 Å². The number of hydrogen-bond acceptors (Lipinski definition) is 4. The third-order valence-corrected chi connectivity index (χ3v) is 3.61. The van der Waals surface area contributed by atoms with E-state index in [1.54, 1.807) is 12.4 Å². The Morgan fingerprint density at radius 1 is 1.29 bits per heavy atom. The minimum absolute atomic E-state index is 0.269. The number of aromatic nitrogens is 1. The average molecular weight is 331 g/mol. The third-order valence-electron chi connectivity index (χ3n) is 3.61. The van der Waals surface area contributed by atoms with Gasteiger partial charge in [0.25, 0.3) is 0 Å². The molecule has 3 rings (SSSR count). The predicted octanol–water partition coefficient (Wildman–Crippen LogP) is 3.08. The van der Waals surface area contributed by atoms with Gasteiger partial charge in [0, 0.05) is 25.5 Å². The fourth-order valence-electron chi connectivity index (χ4n) is 2.24. The van der Waals surface area contributed by atoms with Crippen molar-refractivity contribution in [3.63, 3.8) is 0 Å². The molecular formula is C19H29N3O2. The number of rotatable bonds is 4. The van der Waals surface area contributed by atoms with Crippen LogP contribution in [0.25, 0.3) is 0 Å². The second-order valence-electron chi connectivity index (χ2n) is 5.63. The summed E-state index contributed by atoms with van der Waals surface area (Å²) in [6.45, 7) is 5.38. The van der Waals surface area contributed by atoms with Gasteiger partial charge in [0.15, 0.2) is 0 Å². The molecule has 2 aliphatic heterocycles. The van der Waals surface area contributed by atoms with Crippen LogP contribution in [0, 0.1) is 0 Å². The van der Waals surface area contributed by atoms with Crippen molar-refractivity contribution in [3.8, 4) is 0 Å². The number of unbranched alkanes of at least 4 members (excludes halogenated alkanes) is 1. The second kappa shape index (κ2) is 13.3. The fraction of sp³-hybridized carbons (Fsp3) is 0.474. The summed E-state index contributed by atoms with van der Waals surface area (Å²) in [6.07, 6.45) is 16.4. The van der Waals surface area contributed by atoms with Gasteiger partial charge in [0.05, 0.1) is 0 Å². The molecule has 132 valence electrons. The normalized spacial score (nSPS) is 18.2. The largest absolute Gasteiger partial charge is 0.480 e. The van der Waals surface area contributed by atoms with Crippen LogP contribution in [-0.2, 0) is 4.79 Å². The van der Waals surface area contributed by atoms with E-state index in [1.165, 1.54) is 19.4 Å². The van der Waals surface area contributed by atoms with Gasteiger partial charge in [-0.2, -0.15) is 0 Å². The molecule has 1 aromatic heterocycles. The Labute approximate surface area is 145 Å². The van der Waals surface area contributed by atoms with Crippen LogP contribution >= 0.6 is 0 Å². The van der Waals surface area contributed by atoms with Crippen LogP contribution in [-0.4, -0.2) is 46.6 Å². The smallest absolute Gasteiger partial charge is 0.320 e. The van der Waals surface area contributed by atoms with Crippen LogP contribution in [0.15, 0.2) is 55.0 Å². The van der Waals surface area contributed by atoms with E-state index in [0.29, 0.717) is 0 Å². The van der Waals surface area contributed by atoms with Gasteiger partial charge in [-0.3, -0.25) is 9.78 Å². The van der Waals surface area contributed by atoms with Crippen LogP contribution < -0.4 is 5.32 Å². The zero-order valence-corrected chi connectivity index (χ0v) is 14.5. The monoisotopic (exact) mass is 331 g/mol. The lowest BCUT2D eigenvalue weighted by atomic mass is 10.2. The minimum atomic E-state index is -0.720. The summed E-state index contributed by atoms with van der Waals surface area (Å²) < 4.78 is 0. The van der Waals surface area contributed by atoms with Gasteiger partial charge in [-0.15, -0.1) is 0 Å². The highest BCUT2D eigenvalue weighted by Gasteiger charge is 2.20. The number of carbonyl (C=O) groups is 1. The van der Waals surface area contributed by atoms with Crippen LogP contribution in [0.3, 0.4) is 0 Å². The quantitative estimate of drug-likeness (QED) is 0.887. The molecule has 1 atom stereocenters. The predicted molar refractivity (Wildman–Crippen MR) is 97.7 cm³/mol. The summed E-state index contributed by atoms with van der Waals surface area (Å²) in [5.41, 5.74) is 0. The van der Waals surface area contributed by atoms with Gasteiger partial charge >= 0.3 is 5.97 Å². The van der Waals surface area contributed by atoms with Gasteiger partial charge < -0.3 is 15.3 Å². The molecule has 0 aliphatic carbocycles. The summed E-state index contributed by atoms with van der Waals surface area (Å²) in [7, 11) is 0. The maximum Gasteiger partial charge on any atom is 0.320 e. The highest BCUT2D eigenvalue weighted by Crippen LogP contribution is 2.03. The molecule has 1 aromatic rings. The van der Waals surface area contributed by atoms with E-state index < -0.39 is 5.97 Å². The van der Waals surface area contributed by atoms with Crippen molar-refractivity contribution < 1.29 is 9.90 Å². The summed E-state index contributed by atoms with van der Waals surface area (Å²) in [5.74, 6) is -0.720. The SMILES string of the molecule is CCCCN1C=CC=CC1.O=C(O)[C@@H]1CCCN1.c1ccncc1. The molecule has 0 amide bonds. The van der Waals surface area contributed by atoms with Crippen LogP contribution in [0.2, 0.25) is 0 Å². The Kier molecular flexibility index (Phi) is 11.0. The molecule has 2 aliphatic rings. The highest BCUT2D eigenvalue weighted by molar-refractivity contribution is 5.73. The lowest BCUT2D eigenvalue weighted by molar-refractivity contribution is -0.139. The van der Waals surface area contributed by atoms with Gasteiger partial charge in [-0.1, -0.05) is 31.6 Å². The highest BCUT2D eigenvalue weighted by atomic mass is 16.4. The topological polar surface area (TPSA) is 65.5 Å². The number of carboxylic acid groups (broad SMARTS) is 1. The van der Waals surface area contributed by atoms with Crippen molar-refractivity contribution in [2.75, 3.05) is 19.6 Å². The summed E-state index contributed by atoms with van der Waals surface area (Å²) >= 11 is 0. The van der Waals surface area contributed by atoms with E-state index in [2.05, 4.69) is 46.6 Å². The number of carboxylic acids is 1. The van der Waals surface area contributed by atoms with E-state index in [1.807, 2.05) is 18.2 Å². The maximum absolute atomic E-state index is 10.1. The van der Waals surface area contributed by atoms with Crippen LogP contribution in [0.5, 0.6) is 0 Å². The Morgan fingerprint density at radius 2 is 2.08 bits per heavy atom. The first-order valence-corrected chi connectivity index (χ1v) is 8.62. The van der Waals surface area contributed by atoms with E-state index in [-0.39, 0.29) is 6.04 Å². The fourth-order valence-corrected chi connectivity index (χ4v) is 2.24. The molecular weight excluding hydrogens is 302 g/mol. The van der Waals surface area contributed by atoms with E-state index >= 15 is 0 Å². The number of allylic oxidation sites excluding steroid dienone is 2. The molecule has 5 nitrogen and oxygen atoms in total. The Hall–Kier alpha value is -2.14. The van der Waals surface area contributed by atoms with Crippen molar-refractivity contribution in [1.82, 2.24) is 15.2 Å². The van der Waals surface area contributed by atoms with Gasteiger partial charge in [-0.05, 0) is 50.2 Å². The lowest BCUT2D eigenvalue weighted by Gasteiger charge is -2.19. The van der Waals surface area contributed by atoms with Crippen molar-refractivity contribution in [2.45, 2.75) is 38.6 Å². The first kappa shape index (κ1) is 19.9. The molecule has 0 aromatic carbocycles. The number of pyridine rings is 1. The maximum atomic E-state index is 10.1. The summed E-state index contributed by atoms with van der Waals surface area (Å²) in [6, 6.07) is 5.45.